The van der Waals surface area contributed by atoms with Crippen molar-refractivity contribution in [3.8, 4) is 0 Å². The number of pyridine rings is 1. The number of nitrogens with zero attached hydrogens (tertiary/aromatic N) is 2. The van der Waals surface area contributed by atoms with Crippen LogP contribution in [0.25, 0.3) is 10.5 Å². The molecule has 1 aromatic heterocycles. The summed E-state index contributed by atoms with van der Waals surface area (Å²) in [6, 6.07) is 37.7. The smallest absolute Gasteiger partial charge is 0.741 e. The average Bonchev–Trinajstić information content (AvgIpc) is 3.09. The van der Waals surface area contributed by atoms with Crippen LogP contribution in [0.15, 0.2) is 145 Å². The van der Waals surface area contributed by atoms with Gasteiger partial charge >= 0.3 is 25.0 Å². The third kappa shape index (κ3) is 17.2. The van der Waals surface area contributed by atoms with E-state index in [0.29, 0.717) is 11.5 Å². The zero-order valence-electron chi connectivity index (χ0n) is 29.3. The first-order valence-electron chi connectivity index (χ1n) is 15.2. The van der Waals surface area contributed by atoms with Crippen LogP contribution < -0.4 is 0 Å². The predicted octanol–water partition coefficient (Wildman–Crippen LogP) is 10.3. The van der Waals surface area contributed by atoms with Crippen molar-refractivity contribution in [1.29, 1.82) is 0 Å². The van der Waals surface area contributed by atoms with Crippen molar-refractivity contribution in [2.75, 3.05) is 0 Å². The summed E-state index contributed by atoms with van der Waals surface area (Å²) in [5.41, 5.74) is 8.14. The van der Waals surface area contributed by atoms with Gasteiger partial charge in [0.2, 0.25) is 0 Å². The molecular formula is C38H42F3N3O5RuS2. The van der Waals surface area contributed by atoms with Crippen LogP contribution in [0.3, 0.4) is 0 Å². The van der Waals surface area contributed by atoms with Crippen LogP contribution in [0.2, 0.25) is 0 Å². The van der Waals surface area contributed by atoms with Gasteiger partial charge in [-0.2, -0.15) is 13.2 Å². The molecule has 0 spiro atoms. The van der Waals surface area contributed by atoms with Crippen molar-refractivity contribution in [2.45, 2.75) is 56.1 Å². The van der Waals surface area contributed by atoms with Crippen molar-refractivity contribution in [3.05, 3.63) is 185 Å². The van der Waals surface area contributed by atoms with Crippen molar-refractivity contribution in [1.82, 2.24) is 4.98 Å². The first-order chi connectivity index (χ1) is 23.4. The maximum Gasteiger partial charge on any atom is 4.00 e. The van der Waals surface area contributed by atoms with Gasteiger partial charge in [-0.25, -0.2) is 16.8 Å². The van der Waals surface area contributed by atoms with Gasteiger partial charge in [-0.05, 0) is 49.6 Å². The van der Waals surface area contributed by atoms with Crippen LogP contribution in [-0.2, 0) is 39.6 Å². The standard InChI is InChI=1S/C21H20N2O2S.C10H14.C5H5N.CHF3O3S.CH3.Ru/c1-16-12-14-19(15-13-16)26(24,25)23-21(18-10-6-3-7-11-18)20(22)17-8-4-2-5-9-17;1-8(2)10-6-4-9(3)5-7-10;1-2-4-6-5-3-1;2-1(3,4)8(5,6)7;;/h2-15,20-22H,1H3;4-8H,1-3H3;1-5H;(H,5,6,7);1H3;/q-2;;;;-1;+4/p-1. The van der Waals surface area contributed by atoms with Crippen LogP contribution in [0.1, 0.15) is 59.7 Å². The molecule has 8 nitrogen and oxygen atoms in total. The Bertz CT molecular complexity index is 1880. The Kier molecular flexibility index (Phi) is 21.3. The number of aryl methyl sites for hydroxylation is 2. The molecule has 14 heteroatoms. The summed E-state index contributed by atoms with van der Waals surface area (Å²) < 4.78 is 88.7. The van der Waals surface area contributed by atoms with E-state index in [1.54, 1.807) is 36.7 Å². The Morgan fingerprint density at radius 1 is 0.654 bits per heavy atom. The molecule has 52 heavy (non-hydrogen) atoms. The molecule has 0 saturated carbocycles. The molecule has 4 aromatic carbocycles. The van der Waals surface area contributed by atoms with E-state index in [9.17, 15) is 21.6 Å². The summed E-state index contributed by atoms with van der Waals surface area (Å²) in [4.78, 5) is 3.93. The molecular weight excluding hydrogens is 801 g/mol. The van der Waals surface area contributed by atoms with Crippen molar-refractivity contribution in [2.24, 2.45) is 0 Å². The van der Waals surface area contributed by atoms with Crippen LogP contribution in [0, 0.1) is 21.3 Å². The van der Waals surface area contributed by atoms with Crippen molar-refractivity contribution < 1.29 is 54.0 Å². The Balaban J connectivity index is 0.000000818. The van der Waals surface area contributed by atoms with Gasteiger partial charge < -0.3 is 22.4 Å². The molecule has 0 bridgehead atoms. The second kappa shape index (κ2) is 23.0. The number of alkyl halides is 3. The topological polar surface area (TPSA) is 142 Å². The Morgan fingerprint density at radius 3 is 1.38 bits per heavy atom. The molecule has 1 heterocycles. The minimum Gasteiger partial charge on any atom is -0.741 e. The third-order valence-corrected chi connectivity index (χ3v) is 8.72. The summed E-state index contributed by atoms with van der Waals surface area (Å²) in [7, 11) is -9.96. The quantitative estimate of drug-likeness (QED) is 0.0691. The molecule has 280 valence electrons. The number of hydrogen-bond acceptors (Lipinski definition) is 6. The Morgan fingerprint density at radius 2 is 1.04 bits per heavy atom. The minimum atomic E-state index is -6.09. The zero-order valence-corrected chi connectivity index (χ0v) is 32.6. The zero-order chi connectivity index (χ0) is 37.4. The van der Waals surface area contributed by atoms with Crippen LogP contribution >= 0.6 is 0 Å². The van der Waals surface area contributed by atoms with Crippen LogP contribution in [0.5, 0.6) is 0 Å². The van der Waals surface area contributed by atoms with E-state index in [1.165, 1.54) is 11.1 Å². The molecule has 5 rings (SSSR count). The average molecular weight is 843 g/mol. The van der Waals surface area contributed by atoms with E-state index in [0.717, 1.165) is 11.1 Å². The van der Waals surface area contributed by atoms with Gasteiger partial charge in [0, 0.05) is 17.3 Å². The van der Waals surface area contributed by atoms with Gasteiger partial charge in [-0.1, -0.05) is 139 Å². The molecule has 0 fully saturated rings. The number of sulfonamides is 1. The predicted molar refractivity (Wildman–Crippen MR) is 196 cm³/mol. The Labute approximate surface area is 319 Å². The van der Waals surface area contributed by atoms with Gasteiger partial charge in [0.05, 0.1) is 0 Å². The van der Waals surface area contributed by atoms with Crippen LogP contribution in [0.4, 0.5) is 13.2 Å². The normalized spacial score (nSPS) is 12.0. The maximum atomic E-state index is 12.8. The summed E-state index contributed by atoms with van der Waals surface area (Å²) in [6.07, 6.45) is 3.50. The fraction of sp³-hybridized carbons (Fsp3) is 0.211. The van der Waals surface area contributed by atoms with E-state index in [4.69, 9.17) is 18.7 Å². The fourth-order valence-electron chi connectivity index (χ4n) is 3.99. The molecule has 2 atom stereocenters. The van der Waals surface area contributed by atoms with Crippen molar-refractivity contribution in [3.63, 3.8) is 0 Å². The molecule has 0 aliphatic carbocycles. The minimum absolute atomic E-state index is 0. The summed E-state index contributed by atoms with van der Waals surface area (Å²) in [5, 5.41) is 0. The molecule has 0 aliphatic heterocycles. The summed E-state index contributed by atoms with van der Waals surface area (Å²) >= 11 is 0. The first kappa shape index (κ1) is 48.2. The number of aromatic nitrogens is 1. The van der Waals surface area contributed by atoms with Crippen LogP contribution in [-0.4, -0.2) is 31.9 Å². The molecule has 1 N–H and O–H groups in total. The van der Waals surface area contributed by atoms with Gasteiger partial charge in [-0.15, -0.1) is 12.1 Å². The Hall–Kier alpha value is -3.78. The second-order valence-corrected chi connectivity index (χ2v) is 14.1. The van der Waals surface area contributed by atoms with E-state index in [-0.39, 0.29) is 31.8 Å². The number of nitrogens with one attached hydrogen (secondary N) is 1. The number of benzene rings is 4. The van der Waals surface area contributed by atoms with Gasteiger partial charge in [0.15, 0.2) is 10.1 Å². The molecule has 0 amide bonds. The van der Waals surface area contributed by atoms with Crippen molar-refractivity contribution >= 4 is 20.1 Å². The molecule has 2 unspecified atom stereocenters. The van der Waals surface area contributed by atoms with Gasteiger partial charge in [0.25, 0.3) is 0 Å². The molecule has 0 saturated heterocycles. The number of rotatable bonds is 7. The molecule has 0 aliphatic rings. The molecule has 0 radical (unpaired) electrons. The summed E-state index contributed by atoms with van der Waals surface area (Å²) in [5.74, 6) is 0.653. The van der Waals surface area contributed by atoms with E-state index < -0.39 is 37.7 Å². The van der Waals surface area contributed by atoms with E-state index in [2.05, 4.69) is 54.7 Å². The monoisotopic (exact) mass is 843 g/mol. The first-order valence-corrected chi connectivity index (χ1v) is 18.1. The third-order valence-electron chi connectivity index (χ3n) is 6.78. The fourth-order valence-corrected chi connectivity index (χ4v) is 5.14. The van der Waals surface area contributed by atoms with E-state index >= 15 is 0 Å². The second-order valence-electron chi connectivity index (χ2n) is 11.1. The number of halogens is 3. The van der Waals surface area contributed by atoms with E-state index in [1.807, 2.05) is 85.8 Å². The van der Waals surface area contributed by atoms with Gasteiger partial charge in [-0.3, -0.25) is 4.98 Å². The summed E-state index contributed by atoms with van der Waals surface area (Å²) in [6.45, 7) is 8.44. The number of hydrogen-bond donors (Lipinski definition) is 0. The van der Waals surface area contributed by atoms with Gasteiger partial charge in [0.1, 0.15) is 10.0 Å². The molecule has 5 aromatic rings. The SMILES string of the molecule is Cc1ccc(C(C)C)cc1.Cc1ccc(S(=O)(=O)[N-]C(c2ccccc2)C([NH-])c2ccccc2)cc1.O=S(=O)([O-])C(F)(F)F.[CH3-].[Ru+4].c1ccncc1. The largest absolute Gasteiger partial charge is 4.00 e. The maximum absolute atomic E-state index is 12.8.